The minimum absolute atomic E-state index is 0.0830. The zero-order chi connectivity index (χ0) is 35.3. The van der Waals surface area contributed by atoms with Crippen LogP contribution < -0.4 is 0 Å². The summed E-state index contributed by atoms with van der Waals surface area (Å²) in [6, 6.07) is 34.3. The van der Waals surface area contributed by atoms with Gasteiger partial charge in [-0.25, -0.2) is 19.9 Å². The van der Waals surface area contributed by atoms with Crippen LogP contribution in [-0.4, -0.2) is 49.3 Å². The Labute approximate surface area is 298 Å². The first-order chi connectivity index (χ1) is 25.4. The largest absolute Gasteiger partial charge is 0.506 e. The van der Waals surface area contributed by atoms with Crippen molar-refractivity contribution >= 4 is 22.1 Å². The third-order valence-corrected chi connectivity index (χ3v) is 9.51. The molecule has 10 nitrogen and oxygen atoms in total. The fourth-order valence-corrected chi connectivity index (χ4v) is 6.89. The lowest BCUT2D eigenvalue weighted by molar-refractivity contribution is 0.473. The van der Waals surface area contributed by atoms with Crippen LogP contribution in [0.3, 0.4) is 0 Å². The van der Waals surface area contributed by atoms with Crippen LogP contribution in [0, 0.1) is 0 Å². The molecule has 2 N–H and O–H groups in total. The monoisotopic (exact) mass is 678 g/mol. The van der Waals surface area contributed by atoms with Gasteiger partial charge in [0, 0.05) is 48.7 Å². The Kier molecular flexibility index (Phi) is 7.29. The number of hydrogen-bond donors (Lipinski definition) is 2. The first kappa shape index (κ1) is 30.8. The lowest BCUT2D eigenvalue weighted by atomic mass is 9.98. The quantitative estimate of drug-likeness (QED) is 0.179. The molecule has 4 aromatic carbocycles. The number of rotatable bonds is 6. The van der Waals surface area contributed by atoms with Crippen molar-refractivity contribution in [1.82, 2.24) is 39.0 Å². The van der Waals surface area contributed by atoms with Gasteiger partial charge in [0.1, 0.15) is 29.5 Å². The summed E-state index contributed by atoms with van der Waals surface area (Å²) in [5.74, 6) is 1.49. The average molecular weight is 679 g/mol. The summed E-state index contributed by atoms with van der Waals surface area (Å²) in [4.78, 5) is 27.3. The maximum absolute atomic E-state index is 10.5. The van der Waals surface area contributed by atoms with E-state index in [1.54, 1.807) is 30.9 Å². The fraction of sp³-hybridized carbons (Fsp3) is 0.0476. The van der Waals surface area contributed by atoms with E-state index in [2.05, 4.69) is 56.3 Å². The number of imidazole rings is 2. The van der Waals surface area contributed by atoms with Gasteiger partial charge >= 0.3 is 0 Å². The molecule has 0 radical (unpaired) electrons. The van der Waals surface area contributed by atoms with Crippen LogP contribution in [0.1, 0.15) is 0 Å². The molecule has 9 aromatic rings. The highest BCUT2D eigenvalue weighted by Gasteiger charge is 2.19. The first-order valence-electron chi connectivity index (χ1n) is 16.7. The second-order valence-electron chi connectivity index (χ2n) is 12.6. The predicted molar refractivity (Wildman–Crippen MR) is 202 cm³/mol. The van der Waals surface area contributed by atoms with Gasteiger partial charge in [-0.1, -0.05) is 60.7 Å². The number of aromatic hydroxyl groups is 2. The van der Waals surface area contributed by atoms with Gasteiger partial charge in [-0.05, 0) is 53.6 Å². The third-order valence-electron chi connectivity index (χ3n) is 9.51. The molecule has 0 spiro atoms. The number of pyridine rings is 2. The second-order valence-corrected chi connectivity index (χ2v) is 12.6. The molecule has 10 heteroatoms. The molecule has 52 heavy (non-hydrogen) atoms. The van der Waals surface area contributed by atoms with Crippen molar-refractivity contribution in [2.75, 3.05) is 0 Å². The summed E-state index contributed by atoms with van der Waals surface area (Å²) >= 11 is 0. The Balaban J connectivity index is 1.08. The minimum atomic E-state index is 0.0830. The fourth-order valence-electron chi connectivity index (χ4n) is 6.89. The van der Waals surface area contributed by atoms with E-state index in [-0.39, 0.29) is 11.5 Å². The molecule has 0 saturated carbocycles. The number of hydrogen-bond acceptors (Lipinski definition) is 8. The van der Waals surface area contributed by atoms with Crippen molar-refractivity contribution in [2.24, 2.45) is 14.1 Å². The van der Waals surface area contributed by atoms with Gasteiger partial charge in [0.15, 0.2) is 0 Å². The van der Waals surface area contributed by atoms with E-state index in [4.69, 9.17) is 9.97 Å². The van der Waals surface area contributed by atoms with Crippen LogP contribution in [0.15, 0.2) is 134 Å². The summed E-state index contributed by atoms with van der Waals surface area (Å²) in [6.07, 6.45) is 7.76. The maximum Gasteiger partial charge on any atom is 0.144 e. The topological polar surface area (TPSA) is 128 Å². The Bertz CT molecular complexity index is 2630. The highest BCUT2D eigenvalue weighted by Crippen LogP contribution is 2.37. The summed E-state index contributed by atoms with van der Waals surface area (Å²) in [5, 5.41) is 21.0. The molecule has 9 rings (SSSR count). The summed E-state index contributed by atoms with van der Waals surface area (Å²) in [6.45, 7) is 0. The van der Waals surface area contributed by atoms with Crippen LogP contribution in [0.25, 0.3) is 89.6 Å². The standard InChI is InChI=1S/C42H30N8O2/c1-49-35-13-5-11-29(39(35)47-41(49)31-15-17-43-22-37(31)51)25-7-3-9-27(19-25)33-21-34(46-24-45-33)28-10-4-8-26(20-28)30-12-6-14-36-40(30)48-42(50(36)2)32-16-18-44-23-38(32)52/h3-24,51-52H,1-2H3. The summed E-state index contributed by atoms with van der Waals surface area (Å²) < 4.78 is 3.98. The van der Waals surface area contributed by atoms with Crippen molar-refractivity contribution in [3.05, 3.63) is 134 Å². The smallest absolute Gasteiger partial charge is 0.144 e. The van der Waals surface area contributed by atoms with Crippen LogP contribution >= 0.6 is 0 Å². The van der Waals surface area contributed by atoms with Crippen LogP contribution in [0.2, 0.25) is 0 Å². The van der Waals surface area contributed by atoms with E-state index in [0.717, 1.165) is 66.8 Å². The number of para-hydroxylation sites is 2. The Morgan fingerprint density at radius 2 is 0.923 bits per heavy atom. The first-order valence-corrected chi connectivity index (χ1v) is 16.7. The second kappa shape index (κ2) is 12.3. The van der Waals surface area contributed by atoms with E-state index in [1.807, 2.05) is 77.8 Å². The molecule has 5 heterocycles. The molecule has 0 aliphatic carbocycles. The number of benzene rings is 4. The van der Waals surface area contributed by atoms with Crippen molar-refractivity contribution in [3.63, 3.8) is 0 Å². The number of nitrogens with zero attached hydrogens (tertiary/aromatic N) is 8. The molecule has 0 aliphatic rings. The highest BCUT2D eigenvalue weighted by atomic mass is 16.3. The van der Waals surface area contributed by atoms with Crippen LogP contribution in [0.5, 0.6) is 11.5 Å². The lowest BCUT2D eigenvalue weighted by Gasteiger charge is -2.09. The van der Waals surface area contributed by atoms with E-state index >= 15 is 0 Å². The molecule has 0 fully saturated rings. The minimum Gasteiger partial charge on any atom is -0.506 e. The zero-order valence-corrected chi connectivity index (χ0v) is 28.2. The highest BCUT2D eigenvalue weighted by molar-refractivity contribution is 5.96. The van der Waals surface area contributed by atoms with Gasteiger partial charge in [-0.2, -0.15) is 0 Å². The van der Waals surface area contributed by atoms with Gasteiger partial charge in [0.2, 0.25) is 0 Å². The van der Waals surface area contributed by atoms with Crippen LogP contribution in [-0.2, 0) is 14.1 Å². The number of fused-ring (bicyclic) bond motifs is 2. The Hall–Kier alpha value is -7.20. The maximum atomic E-state index is 10.5. The SMILES string of the molecule is Cn1c(-c2ccncc2O)nc2c(-c3cccc(-c4cc(-c5cccc(-c6cccc7c6nc(-c6ccncc6O)n7C)c5)ncn4)c3)cccc21. The summed E-state index contributed by atoms with van der Waals surface area (Å²) in [5.41, 5.74) is 12.2. The molecule has 0 amide bonds. The van der Waals surface area contributed by atoms with Crippen molar-refractivity contribution < 1.29 is 10.2 Å². The molecule has 0 saturated heterocycles. The lowest BCUT2D eigenvalue weighted by Crippen LogP contribution is -1.93. The normalized spacial score (nSPS) is 11.4. The molecule has 0 unspecified atom stereocenters. The molecule has 5 aromatic heterocycles. The zero-order valence-electron chi connectivity index (χ0n) is 28.2. The van der Waals surface area contributed by atoms with E-state index in [9.17, 15) is 10.2 Å². The van der Waals surface area contributed by atoms with Crippen molar-refractivity contribution in [1.29, 1.82) is 0 Å². The molecule has 0 atom stereocenters. The number of aryl methyl sites for hydroxylation is 2. The molecular formula is C42H30N8O2. The van der Waals surface area contributed by atoms with Gasteiger partial charge in [-0.3, -0.25) is 9.97 Å². The predicted octanol–water partition coefficient (Wildman–Crippen LogP) is 8.45. The average Bonchev–Trinajstić information content (AvgIpc) is 3.71. The van der Waals surface area contributed by atoms with Gasteiger partial charge in [0.25, 0.3) is 0 Å². The summed E-state index contributed by atoms with van der Waals surface area (Å²) in [7, 11) is 3.90. The molecule has 0 bridgehead atoms. The van der Waals surface area contributed by atoms with Crippen molar-refractivity contribution in [2.45, 2.75) is 0 Å². The van der Waals surface area contributed by atoms with Gasteiger partial charge in [-0.15, -0.1) is 0 Å². The van der Waals surface area contributed by atoms with Crippen molar-refractivity contribution in [3.8, 4) is 79.0 Å². The molecule has 250 valence electrons. The van der Waals surface area contributed by atoms with Gasteiger partial charge in [0.05, 0.1) is 57.0 Å². The Morgan fingerprint density at radius 1 is 0.481 bits per heavy atom. The van der Waals surface area contributed by atoms with E-state index in [1.165, 1.54) is 12.4 Å². The molecule has 0 aliphatic heterocycles. The third kappa shape index (κ3) is 5.12. The van der Waals surface area contributed by atoms with Gasteiger partial charge < -0.3 is 19.3 Å². The number of aromatic nitrogens is 8. The molecular weight excluding hydrogens is 649 g/mol. The van der Waals surface area contributed by atoms with E-state index in [0.29, 0.717) is 22.8 Å². The Morgan fingerprint density at radius 3 is 1.38 bits per heavy atom. The van der Waals surface area contributed by atoms with Crippen LogP contribution in [0.4, 0.5) is 0 Å². The van der Waals surface area contributed by atoms with E-state index < -0.39 is 0 Å².